The van der Waals surface area contributed by atoms with E-state index < -0.39 is 0 Å². The molecule has 1 rings (SSSR count). The minimum Gasteiger partial charge on any atom is -0.314 e. The van der Waals surface area contributed by atoms with Crippen LogP contribution in [0.2, 0.25) is 0 Å². The summed E-state index contributed by atoms with van der Waals surface area (Å²) in [7, 11) is 0. The first-order chi connectivity index (χ1) is 8.61. The van der Waals surface area contributed by atoms with Gasteiger partial charge in [0.05, 0.1) is 0 Å². The summed E-state index contributed by atoms with van der Waals surface area (Å²) in [6, 6.07) is 0.779. The van der Waals surface area contributed by atoms with Crippen molar-refractivity contribution in [3.05, 3.63) is 0 Å². The maximum absolute atomic E-state index is 3.80. The van der Waals surface area contributed by atoms with Crippen molar-refractivity contribution in [2.24, 2.45) is 17.8 Å². The van der Waals surface area contributed by atoms with Gasteiger partial charge in [0.1, 0.15) is 0 Å². The van der Waals surface area contributed by atoms with Crippen LogP contribution in [0.5, 0.6) is 0 Å². The topological polar surface area (TPSA) is 12.0 Å². The molecule has 0 saturated heterocycles. The zero-order valence-electron chi connectivity index (χ0n) is 13.2. The summed E-state index contributed by atoms with van der Waals surface area (Å²) in [5.41, 5.74) is 0. The van der Waals surface area contributed by atoms with E-state index in [-0.39, 0.29) is 0 Å². The molecule has 1 fully saturated rings. The molecule has 1 aliphatic rings. The lowest BCUT2D eigenvalue weighted by Gasteiger charge is -2.25. The van der Waals surface area contributed by atoms with Crippen molar-refractivity contribution in [2.45, 2.75) is 85.1 Å². The first kappa shape index (κ1) is 16.0. The Hall–Kier alpha value is -0.0400. The minimum atomic E-state index is 0.779. The summed E-state index contributed by atoms with van der Waals surface area (Å²) < 4.78 is 0. The van der Waals surface area contributed by atoms with Crippen LogP contribution < -0.4 is 5.32 Å². The summed E-state index contributed by atoms with van der Waals surface area (Å²) in [6.45, 7) is 10.6. The molecule has 1 saturated carbocycles. The molecule has 2 atom stereocenters. The van der Waals surface area contributed by atoms with Crippen molar-refractivity contribution in [1.29, 1.82) is 0 Å². The summed E-state index contributed by atoms with van der Waals surface area (Å²) >= 11 is 0. The maximum atomic E-state index is 3.80. The fraction of sp³-hybridized carbons (Fsp3) is 1.00. The molecule has 0 heterocycles. The average Bonchev–Trinajstić information content (AvgIpc) is 2.77. The first-order valence-electron chi connectivity index (χ1n) is 8.35. The Morgan fingerprint density at radius 2 is 1.72 bits per heavy atom. The molecule has 0 aromatic carbocycles. The molecule has 0 spiro atoms. The van der Waals surface area contributed by atoms with Gasteiger partial charge in [0.25, 0.3) is 0 Å². The summed E-state index contributed by atoms with van der Waals surface area (Å²) in [4.78, 5) is 0. The van der Waals surface area contributed by atoms with Crippen LogP contribution in [0.3, 0.4) is 0 Å². The zero-order valence-corrected chi connectivity index (χ0v) is 13.2. The Kier molecular flexibility index (Phi) is 7.97. The Balaban J connectivity index is 2.33. The lowest BCUT2D eigenvalue weighted by atomic mass is 9.88. The predicted octanol–water partition coefficient (Wildman–Crippen LogP) is 5.01. The van der Waals surface area contributed by atoms with E-state index in [9.17, 15) is 0 Å². The number of nitrogens with one attached hydrogen (secondary N) is 1. The second-order valence-electron chi connectivity index (χ2n) is 7.01. The second-order valence-corrected chi connectivity index (χ2v) is 7.01. The van der Waals surface area contributed by atoms with Crippen molar-refractivity contribution in [3.8, 4) is 0 Å². The Morgan fingerprint density at radius 1 is 1.06 bits per heavy atom. The molecule has 0 radical (unpaired) electrons. The van der Waals surface area contributed by atoms with Crippen LogP contribution >= 0.6 is 0 Å². The van der Waals surface area contributed by atoms with Gasteiger partial charge in [-0.3, -0.25) is 0 Å². The van der Waals surface area contributed by atoms with Gasteiger partial charge in [0.2, 0.25) is 0 Å². The molecule has 108 valence electrons. The highest BCUT2D eigenvalue weighted by Gasteiger charge is 2.21. The molecule has 2 unspecified atom stereocenters. The quantitative estimate of drug-likeness (QED) is 0.609. The van der Waals surface area contributed by atoms with Gasteiger partial charge in [-0.15, -0.1) is 0 Å². The van der Waals surface area contributed by atoms with Crippen LogP contribution in [-0.4, -0.2) is 12.6 Å². The first-order valence-corrected chi connectivity index (χ1v) is 8.35. The predicted molar refractivity (Wildman–Crippen MR) is 81.9 cm³/mol. The maximum Gasteiger partial charge on any atom is 0.00722 e. The van der Waals surface area contributed by atoms with Crippen LogP contribution in [0.1, 0.15) is 79.1 Å². The van der Waals surface area contributed by atoms with Gasteiger partial charge < -0.3 is 5.32 Å². The molecule has 0 aromatic heterocycles. The van der Waals surface area contributed by atoms with E-state index in [1.54, 1.807) is 0 Å². The molecule has 1 aliphatic carbocycles. The van der Waals surface area contributed by atoms with E-state index in [0.29, 0.717) is 0 Å². The highest BCUT2D eigenvalue weighted by molar-refractivity contribution is 4.77. The van der Waals surface area contributed by atoms with E-state index in [4.69, 9.17) is 0 Å². The van der Waals surface area contributed by atoms with Crippen LogP contribution in [0.4, 0.5) is 0 Å². The van der Waals surface area contributed by atoms with E-state index in [1.807, 2.05) is 0 Å². The van der Waals surface area contributed by atoms with Crippen LogP contribution in [0.25, 0.3) is 0 Å². The molecule has 18 heavy (non-hydrogen) atoms. The minimum absolute atomic E-state index is 0.779. The zero-order chi connectivity index (χ0) is 13.4. The van der Waals surface area contributed by atoms with Crippen LogP contribution in [0, 0.1) is 17.8 Å². The molecule has 1 N–H and O–H groups in total. The average molecular weight is 253 g/mol. The number of hydrogen-bond donors (Lipinski definition) is 1. The van der Waals surface area contributed by atoms with Crippen LogP contribution in [-0.2, 0) is 0 Å². The van der Waals surface area contributed by atoms with Crippen molar-refractivity contribution in [2.75, 3.05) is 6.54 Å². The molecule has 1 heteroatoms. The lowest BCUT2D eigenvalue weighted by Crippen LogP contribution is -2.33. The highest BCUT2D eigenvalue weighted by atomic mass is 14.9. The van der Waals surface area contributed by atoms with Crippen LogP contribution in [0.15, 0.2) is 0 Å². The van der Waals surface area contributed by atoms with Gasteiger partial charge in [-0.25, -0.2) is 0 Å². The molecule has 0 aliphatic heterocycles. The van der Waals surface area contributed by atoms with Gasteiger partial charge in [-0.1, -0.05) is 53.4 Å². The fourth-order valence-corrected chi connectivity index (χ4v) is 3.65. The standard InChI is InChI=1S/C17H35N/c1-5-10-18-17(12-15(4)11-14(2)3)13-16-8-6-7-9-16/h14-18H,5-13H2,1-4H3. The van der Waals surface area contributed by atoms with Gasteiger partial charge in [0, 0.05) is 6.04 Å². The van der Waals surface area contributed by atoms with Crippen molar-refractivity contribution < 1.29 is 0 Å². The molecule has 0 aromatic rings. The third kappa shape index (κ3) is 6.78. The molecular formula is C17H35N. The third-order valence-corrected chi connectivity index (χ3v) is 4.34. The fourth-order valence-electron chi connectivity index (χ4n) is 3.65. The Morgan fingerprint density at radius 3 is 2.28 bits per heavy atom. The largest absolute Gasteiger partial charge is 0.314 e. The normalized spacial score (nSPS) is 20.5. The highest BCUT2D eigenvalue weighted by Crippen LogP contribution is 2.30. The number of rotatable bonds is 9. The van der Waals surface area contributed by atoms with E-state index in [0.717, 1.165) is 23.8 Å². The van der Waals surface area contributed by atoms with Gasteiger partial charge >= 0.3 is 0 Å². The Labute approximate surface area is 115 Å². The second kappa shape index (κ2) is 8.96. The summed E-state index contributed by atoms with van der Waals surface area (Å²) in [5.74, 6) is 2.74. The summed E-state index contributed by atoms with van der Waals surface area (Å²) in [6.07, 6.45) is 11.4. The lowest BCUT2D eigenvalue weighted by molar-refractivity contribution is 0.308. The molecular weight excluding hydrogens is 218 g/mol. The monoisotopic (exact) mass is 253 g/mol. The van der Waals surface area contributed by atoms with Crippen molar-refractivity contribution >= 4 is 0 Å². The van der Waals surface area contributed by atoms with Gasteiger partial charge in [0.15, 0.2) is 0 Å². The summed E-state index contributed by atoms with van der Waals surface area (Å²) in [5, 5.41) is 3.80. The number of hydrogen-bond acceptors (Lipinski definition) is 1. The Bertz CT molecular complexity index is 194. The molecule has 0 amide bonds. The van der Waals surface area contributed by atoms with E-state index in [1.165, 1.54) is 57.9 Å². The smallest absolute Gasteiger partial charge is 0.00722 e. The van der Waals surface area contributed by atoms with Gasteiger partial charge in [-0.05, 0) is 50.0 Å². The third-order valence-electron chi connectivity index (χ3n) is 4.34. The van der Waals surface area contributed by atoms with Crippen molar-refractivity contribution in [1.82, 2.24) is 5.32 Å². The van der Waals surface area contributed by atoms with E-state index >= 15 is 0 Å². The SMILES string of the molecule is CCCNC(CC(C)CC(C)C)CC1CCCC1. The van der Waals surface area contributed by atoms with E-state index in [2.05, 4.69) is 33.0 Å². The van der Waals surface area contributed by atoms with Gasteiger partial charge in [-0.2, -0.15) is 0 Å². The molecule has 1 nitrogen and oxygen atoms in total. The molecule has 0 bridgehead atoms. The van der Waals surface area contributed by atoms with Crippen molar-refractivity contribution in [3.63, 3.8) is 0 Å².